The van der Waals surface area contributed by atoms with Gasteiger partial charge in [0.1, 0.15) is 5.82 Å². The van der Waals surface area contributed by atoms with Gasteiger partial charge in [0.15, 0.2) is 5.69 Å². The Balaban J connectivity index is 1.87. The fourth-order valence-corrected chi connectivity index (χ4v) is 2.11. The van der Waals surface area contributed by atoms with Gasteiger partial charge >= 0.3 is 0 Å². The number of halogens is 1. The van der Waals surface area contributed by atoms with Crippen molar-refractivity contribution in [1.82, 2.24) is 25.0 Å². The van der Waals surface area contributed by atoms with Gasteiger partial charge in [0.05, 0.1) is 11.4 Å². The number of hydrogen-bond acceptors (Lipinski definition) is 4. The van der Waals surface area contributed by atoms with Gasteiger partial charge in [-0.25, -0.2) is 9.67 Å². The predicted molar refractivity (Wildman–Crippen MR) is 83.1 cm³/mol. The van der Waals surface area contributed by atoms with Gasteiger partial charge in [-0.15, -0.1) is 5.10 Å². The molecule has 0 unspecified atom stereocenters. The maximum atomic E-state index is 12.2. The van der Waals surface area contributed by atoms with E-state index < -0.39 is 0 Å². The standard InChI is InChI=1S/C15H12ClN5O/c1-10-15(13(22)6-7-14-17-8-9-18-14)19-20-21(10)12-4-2-11(16)3-5-12/h2-9H,1H3,(H,17,18)/b7-6+. The van der Waals surface area contributed by atoms with Gasteiger partial charge in [0.25, 0.3) is 0 Å². The molecule has 0 bridgehead atoms. The highest BCUT2D eigenvalue weighted by Gasteiger charge is 2.15. The number of imidazole rings is 1. The molecule has 0 aliphatic carbocycles. The summed E-state index contributed by atoms with van der Waals surface area (Å²) in [6.07, 6.45) is 6.32. The lowest BCUT2D eigenvalue weighted by Gasteiger charge is -2.02. The van der Waals surface area contributed by atoms with Crippen LogP contribution in [-0.4, -0.2) is 30.7 Å². The van der Waals surface area contributed by atoms with Gasteiger partial charge in [-0.2, -0.15) is 0 Å². The third-order valence-corrected chi connectivity index (χ3v) is 3.36. The Morgan fingerprint density at radius 2 is 2.09 bits per heavy atom. The molecule has 2 aromatic heterocycles. The molecular formula is C15H12ClN5O. The van der Waals surface area contributed by atoms with Gasteiger partial charge in [-0.1, -0.05) is 16.8 Å². The van der Waals surface area contributed by atoms with Crippen LogP contribution in [0.15, 0.2) is 42.7 Å². The summed E-state index contributed by atoms with van der Waals surface area (Å²) in [5.74, 6) is 0.380. The summed E-state index contributed by atoms with van der Waals surface area (Å²) in [4.78, 5) is 19.1. The number of benzene rings is 1. The molecule has 7 heteroatoms. The van der Waals surface area contributed by atoms with E-state index in [2.05, 4.69) is 20.3 Å². The van der Waals surface area contributed by atoms with E-state index in [0.29, 0.717) is 22.2 Å². The molecule has 3 aromatic rings. The summed E-state index contributed by atoms with van der Waals surface area (Å²) in [6.45, 7) is 1.79. The smallest absolute Gasteiger partial charge is 0.208 e. The number of aromatic nitrogens is 5. The number of nitrogens with zero attached hydrogens (tertiary/aromatic N) is 4. The lowest BCUT2D eigenvalue weighted by Crippen LogP contribution is -2.01. The van der Waals surface area contributed by atoms with Crippen LogP contribution in [0.25, 0.3) is 11.8 Å². The molecule has 22 heavy (non-hydrogen) atoms. The van der Waals surface area contributed by atoms with Crippen LogP contribution in [-0.2, 0) is 0 Å². The number of ketones is 1. The Kier molecular flexibility index (Phi) is 3.84. The molecule has 2 heterocycles. The quantitative estimate of drug-likeness (QED) is 0.593. The summed E-state index contributed by atoms with van der Waals surface area (Å²) in [5, 5.41) is 8.63. The van der Waals surface area contributed by atoms with Crippen molar-refractivity contribution in [3.8, 4) is 5.69 Å². The number of aromatic amines is 1. The van der Waals surface area contributed by atoms with Crippen LogP contribution >= 0.6 is 11.6 Å². The number of hydrogen-bond donors (Lipinski definition) is 1. The Bertz CT molecular complexity index is 818. The van der Waals surface area contributed by atoms with Gasteiger partial charge in [-0.05, 0) is 43.3 Å². The van der Waals surface area contributed by atoms with Crippen LogP contribution in [0.4, 0.5) is 0 Å². The molecule has 0 radical (unpaired) electrons. The maximum Gasteiger partial charge on any atom is 0.208 e. The summed E-state index contributed by atoms with van der Waals surface area (Å²) in [5.41, 5.74) is 1.76. The van der Waals surface area contributed by atoms with Crippen molar-refractivity contribution in [1.29, 1.82) is 0 Å². The zero-order valence-corrected chi connectivity index (χ0v) is 12.4. The van der Waals surface area contributed by atoms with E-state index in [1.54, 1.807) is 42.2 Å². The van der Waals surface area contributed by atoms with Gasteiger partial charge in [0.2, 0.25) is 5.78 Å². The van der Waals surface area contributed by atoms with Gasteiger partial charge < -0.3 is 4.98 Å². The number of rotatable bonds is 4. The molecule has 0 saturated heterocycles. The first kappa shape index (κ1) is 14.2. The van der Waals surface area contributed by atoms with E-state index in [-0.39, 0.29) is 5.78 Å². The number of nitrogens with one attached hydrogen (secondary N) is 1. The number of carbonyl (C=O) groups excluding carboxylic acids is 1. The first-order valence-corrected chi connectivity index (χ1v) is 6.93. The molecule has 0 atom stereocenters. The van der Waals surface area contributed by atoms with Crippen molar-refractivity contribution in [3.63, 3.8) is 0 Å². The molecule has 1 aromatic carbocycles. The van der Waals surface area contributed by atoms with Crippen LogP contribution in [0.2, 0.25) is 5.02 Å². The Hall–Kier alpha value is -2.73. The topological polar surface area (TPSA) is 76.5 Å². The second-order valence-corrected chi connectivity index (χ2v) is 5.02. The van der Waals surface area contributed by atoms with E-state index >= 15 is 0 Å². The number of H-pyrrole nitrogens is 1. The molecule has 0 amide bonds. The molecule has 110 valence electrons. The summed E-state index contributed by atoms with van der Waals surface area (Å²) in [6, 6.07) is 7.15. The second kappa shape index (κ2) is 5.95. The van der Waals surface area contributed by atoms with E-state index in [1.165, 1.54) is 6.08 Å². The fraction of sp³-hybridized carbons (Fsp3) is 0.0667. The SMILES string of the molecule is Cc1c(C(=O)/C=C/c2ncc[nH]2)nnn1-c1ccc(Cl)cc1. The lowest BCUT2D eigenvalue weighted by atomic mass is 10.2. The Labute approximate surface area is 131 Å². The van der Waals surface area contributed by atoms with Crippen molar-refractivity contribution in [2.75, 3.05) is 0 Å². The average Bonchev–Trinajstić information content (AvgIpc) is 3.15. The molecule has 0 spiro atoms. The molecule has 0 aliphatic heterocycles. The van der Waals surface area contributed by atoms with Crippen LogP contribution in [0.1, 0.15) is 22.0 Å². The molecule has 0 saturated carbocycles. The van der Waals surface area contributed by atoms with E-state index in [1.807, 2.05) is 12.1 Å². The number of carbonyl (C=O) groups is 1. The van der Waals surface area contributed by atoms with Crippen LogP contribution in [0.5, 0.6) is 0 Å². The highest BCUT2D eigenvalue weighted by molar-refractivity contribution is 6.30. The van der Waals surface area contributed by atoms with Crippen LogP contribution in [0, 0.1) is 6.92 Å². The Morgan fingerprint density at radius 3 is 2.77 bits per heavy atom. The third kappa shape index (κ3) is 2.82. The summed E-state index contributed by atoms with van der Waals surface area (Å²) in [7, 11) is 0. The molecule has 6 nitrogen and oxygen atoms in total. The summed E-state index contributed by atoms with van der Waals surface area (Å²) < 4.78 is 1.60. The highest BCUT2D eigenvalue weighted by Crippen LogP contribution is 2.16. The molecule has 0 aliphatic rings. The maximum absolute atomic E-state index is 12.2. The monoisotopic (exact) mass is 313 g/mol. The van der Waals surface area contributed by atoms with Crippen molar-refractivity contribution in [3.05, 3.63) is 65.0 Å². The first-order valence-electron chi connectivity index (χ1n) is 6.55. The van der Waals surface area contributed by atoms with Crippen LogP contribution in [0.3, 0.4) is 0 Å². The van der Waals surface area contributed by atoms with Crippen molar-refractivity contribution < 1.29 is 4.79 Å². The van der Waals surface area contributed by atoms with Crippen LogP contribution < -0.4 is 0 Å². The zero-order chi connectivity index (χ0) is 15.5. The predicted octanol–water partition coefficient (Wildman–Crippen LogP) is 2.85. The average molecular weight is 314 g/mol. The third-order valence-electron chi connectivity index (χ3n) is 3.11. The minimum atomic E-state index is -0.228. The number of allylic oxidation sites excluding steroid dienone is 1. The summed E-state index contributed by atoms with van der Waals surface area (Å²) >= 11 is 5.87. The highest BCUT2D eigenvalue weighted by atomic mass is 35.5. The molecule has 0 fully saturated rings. The second-order valence-electron chi connectivity index (χ2n) is 4.58. The van der Waals surface area contributed by atoms with Crippen molar-refractivity contribution in [2.24, 2.45) is 0 Å². The minimum Gasteiger partial charge on any atom is -0.345 e. The zero-order valence-electron chi connectivity index (χ0n) is 11.7. The normalized spacial score (nSPS) is 11.2. The molecule has 1 N–H and O–H groups in total. The van der Waals surface area contributed by atoms with E-state index in [9.17, 15) is 4.79 Å². The van der Waals surface area contributed by atoms with E-state index in [0.717, 1.165) is 5.69 Å². The first-order chi connectivity index (χ1) is 10.6. The van der Waals surface area contributed by atoms with E-state index in [4.69, 9.17) is 11.6 Å². The lowest BCUT2D eigenvalue weighted by molar-refractivity contribution is 0.104. The minimum absolute atomic E-state index is 0.228. The van der Waals surface area contributed by atoms with Gasteiger partial charge in [0, 0.05) is 17.4 Å². The Morgan fingerprint density at radius 1 is 1.32 bits per heavy atom. The molecular weight excluding hydrogens is 302 g/mol. The largest absolute Gasteiger partial charge is 0.345 e. The molecule has 3 rings (SSSR count). The van der Waals surface area contributed by atoms with Crippen molar-refractivity contribution in [2.45, 2.75) is 6.92 Å². The van der Waals surface area contributed by atoms with Gasteiger partial charge in [-0.3, -0.25) is 4.79 Å². The van der Waals surface area contributed by atoms with Crippen molar-refractivity contribution >= 4 is 23.5 Å². The fourth-order valence-electron chi connectivity index (χ4n) is 1.99.